The number of hydrogen-bond donors (Lipinski definition) is 1. The van der Waals surface area contributed by atoms with Gasteiger partial charge >= 0.3 is 0 Å². The molecule has 0 aliphatic carbocycles. The van der Waals surface area contributed by atoms with Crippen molar-refractivity contribution in [1.29, 1.82) is 0 Å². The highest BCUT2D eigenvalue weighted by Gasteiger charge is 2.33. The van der Waals surface area contributed by atoms with Crippen LogP contribution in [0.2, 0.25) is 0 Å². The van der Waals surface area contributed by atoms with Gasteiger partial charge in [-0.3, -0.25) is 9.59 Å². The van der Waals surface area contributed by atoms with E-state index in [0.29, 0.717) is 19.5 Å². The molecular formula is C20H26N2O3. The zero-order chi connectivity index (χ0) is 18.1. The number of hydrogen-bond acceptors (Lipinski definition) is 3. The van der Waals surface area contributed by atoms with Gasteiger partial charge in [0.25, 0.3) is 0 Å². The monoisotopic (exact) mass is 342 g/mol. The van der Waals surface area contributed by atoms with E-state index in [-0.39, 0.29) is 24.5 Å². The molecule has 1 aliphatic heterocycles. The average molecular weight is 342 g/mol. The number of amides is 2. The molecule has 0 unspecified atom stereocenters. The van der Waals surface area contributed by atoms with E-state index in [1.807, 2.05) is 31.2 Å². The van der Waals surface area contributed by atoms with Crippen molar-refractivity contribution in [1.82, 2.24) is 10.2 Å². The minimum Gasteiger partial charge on any atom is -0.481 e. The van der Waals surface area contributed by atoms with Crippen LogP contribution in [0.4, 0.5) is 0 Å². The van der Waals surface area contributed by atoms with E-state index < -0.39 is 0 Å². The summed E-state index contributed by atoms with van der Waals surface area (Å²) in [5.74, 6) is 3.20. The first-order valence-electron chi connectivity index (χ1n) is 8.88. The van der Waals surface area contributed by atoms with Crippen LogP contribution in [0.15, 0.2) is 24.3 Å². The van der Waals surface area contributed by atoms with Crippen LogP contribution >= 0.6 is 0 Å². The maximum absolute atomic E-state index is 12.4. The molecule has 5 heteroatoms. The van der Waals surface area contributed by atoms with Crippen molar-refractivity contribution in [3.8, 4) is 18.1 Å². The quantitative estimate of drug-likeness (QED) is 0.737. The number of ether oxygens (including phenoxy) is 1. The highest BCUT2D eigenvalue weighted by Crippen LogP contribution is 2.19. The Bertz CT molecular complexity index is 619. The molecule has 0 spiro atoms. The Morgan fingerprint density at radius 2 is 2.12 bits per heavy atom. The second kappa shape index (κ2) is 9.73. The minimum absolute atomic E-state index is 0.0454. The molecule has 0 saturated carbocycles. The fourth-order valence-corrected chi connectivity index (χ4v) is 3.02. The van der Waals surface area contributed by atoms with Gasteiger partial charge in [0.1, 0.15) is 18.4 Å². The van der Waals surface area contributed by atoms with E-state index in [1.165, 1.54) is 0 Å². The lowest BCUT2D eigenvalue weighted by Crippen LogP contribution is -2.46. The second-order valence-electron chi connectivity index (χ2n) is 6.17. The third-order valence-corrected chi connectivity index (χ3v) is 4.30. The summed E-state index contributed by atoms with van der Waals surface area (Å²) in [6.07, 6.45) is 8.86. The van der Waals surface area contributed by atoms with E-state index in [2.05, 4.69) is 11.2 Å². The first kappa shape index (κ1) is 18.9. The minimum atomic E-state index is -0.307. The number of carbonyl (C=O) groups is 2. The third-order valence-electron chi connectivity index (χ3n) is 4.30. The van der Waals surface area contributed by atoms with Crippen LogP contribution in [-0.4, -0.2) is 42.5 Å². The maximum Gasteiger partial charge on any atom is 0.242 e. The van der Waals surface area contributed by atoms with Crippen molar-refractivity contribution in [2.75, 3.05) is 19.7 Å². The van der Waals surface area contributed by atoms with E-state index in [4.69, 9.17) is 11.2 Å². The van der Waals surface area contributed by atoms with Gasteiger partial charge in [-0.2, -0.15) is 0 Å². The summed E-state index contributed by atoms with van der Waals surface area (Å²) in [4.78, 5) is 26.2. The van der Waals surface area contributed by atoms with E-state index in [9.17, 15) is 9.59 Å². The van der Waals surface area contributed by atoms with Crippen LogP contribution in [0.25, 0.3) is 0 Å². The molecule has 2 amide bonds. The normalized spacial score (nSPS) is 16.3. The molecule has 1 aliphatic rings. The third kappa shape index (κ3) is 5.53. The molecule has 25 heavy (non-hydrogen) atoms. The summed E-state index contributed by atoms with van der Waals surface area (Å²) in [7, 11) is 0. The van der Waals surface area contributed by atoms with Crippen molar-refractivity contribution in [2.45, 2.75) is 45.1 Å². The number of nitrogens with one attached hydrogen (secondary N) is 1. The Labute approximate surface area is 149 Å². The maximum atomic E-state index is 12.4. The lowest BCUT2D eigenvalue weighted by atomic mass is 10.1. The number of likely N-dealkylation sites (tertiary alicyclic amines) is 1. The van der Waals surface area contributed by atoms with Crippen LogP contribution < -0.4 is 10.1 Å². The number of rotatable bonds is 8. The first-order chi connectivity index (χ1) is 12.2. The van der Waals surface area contributed by atoms with Gasteiger partial charge < -0.3 is 15.0 Å². The Kier molecular flexibility index (Phi) is 7.34. The highest BCUT2D eigenvalue weighted by atomic mass is 16.5. The first-order valence-corrected chi connectivity index (χ1v) is 8.88. The SMILES string of the molecule is C#CCOc1ccc(CCNC(=O)[C@@H]2CCCN2C(=O)CCC)cc1. The van der Waals surface area contributed by atoms with Gasteiger partial charge in [-0.05, 0) is 43.4 Å². The fourth-order valence-electron chi connectivity index (χ4n) is 3.02. The average Bonchev–Trinajstić information content (AvgIpc) is 3.11. The molecule has 1 aromatic rings. The lowest BCUT2D eigenvalue weighted by Gasteiger charge is -2.23. The van der Waals surface area contributed by atoms with Gasteiger partial charge in [0, 0.05) is 19.5 Å². The van der Waals surface area contributed by atoms with Crippen LogP contribution in [0, 0.1) is 12.3 Å². The molecule has 1 fully saturated rings. The van der Waals surface area contributed by atoms with E-state index in [1.54, 1.807) is 4.90 Å². The molecule has 2 rings (SSSR count). The van der Waals surface area contributed by atoms with E-state index in [0.717, 1.165) is 37.0 Å². The Morgan fingerprint density at radius 1 is 1.36 bits per heavy atom. The van der Waals surface area contributed by atoms with Gasteiger partial charge in [0.15, 0.2) is 0 Å². The predicted octanol–water partition coefficient (Wildman–Crippen LogP) is 2.15. The van der Waals surface area contributed by atoms with Crippen LogP contribution in [0.3, 0.4) is 0 Å². The Hall–Kier alpha value is -2.48. The summed E-state index contributed by atoms with van der Waals surface area (Å²) in [6.45, 7) is 3.47. The highest BCUT2D eigenvalue weighted by molar-refractivity contribution is 5.88. The molecule has 134 valence electrons. The Morgan fingerprint density at radius 3 is 2.80 bits per heavy atom. The van der Waals surface area contributed by atoms with Gasteiger partial charge in [-0.1, -0.05) is 25.0 Å². The summed E-state index contributed by atoms with van der Waals surface area (Å²) >= 11 is 0. The molecule has 1 saturated heterocycles. The van der Waals surface area contributed by atoms with Crippen molar-refractivity contribution in [3.05, 3.63) is 29.8 Å². The number of benzene rings is 1. The van der Waals surface area contributed by atoms with Gasteiger partial charge in [0.05, 0.1) is 0 Å². The summed E-state index contributed by atoms with van der Waals surface area (Å²) < 4.78 is 5.33. The van der Waals surface area contributed by atoms with E-state index >= 15 is 0 Å². The second-order valence-corrected chi connectivity index (χ2v) is 6.17. The summed E-state index contributed by atoms with van der Waals surface area (Å²) in [5, 5.41) is 2.96. The number of terminal acetylenes is 1. The molecular weight excluding hydrogens is 316 g/mol. The van der Waals surface area contributed by atoms with Gasteiger partial charge in [0.2, 0.25) is 11.8 Å². The molecule has 0 bridgehead atoms. The smallest absolute Gasteiger partial charge is 0.242 e. The topological polar surface area (TPSA) is 58.6 Å². The van der Waals surface area contributed by atoms with Gasteiger partial charge in [-0.25, -0.2) is 0 Å². The Balaban J connectivity index is 1.78. The van der Waals surface area contributed by atoms with Crippen LogP contribution in [0.1, 0.15) is 38.2 Å². The summed E-state index contributed by atoms with van der Waals surface area (Å²) in [6, 6.07) is 7.36. The standard InChI is InChI=1S/C20H26N2O3/c1-3-6-19(23)22-14-5-7-18(22)20(24)21-13-12-16-8-10-17(11-9-16)25-15-4-2/h2,8-11,18H,3,5-7,12-15H2,1H3,(H,21,24)/t18-/m0/s1. The fraction of sp³-hybridized carbons (Fsp3) is 0.500. The number of carbonyl (C=O) groups excluding carboxylic acids is 2. The largest absolute Gasteiger partial charge is 0.481 e. The van der Waals surface area contributed by atoms with Crippen LogP contribution in [0.5, 0.6) is 5.75 Å². The molecule has 0 aromatic heterocycles. The van der Waals surface area contributed by atoms with Crippen molar-refractivity contribution >= 4 is 11.8 Å². The molecule has 1 atom stereocenters. The predicted molar refractivity (Wildman–Crippen MR) is 97.1 cm³/mol. The number of nitrogens with zero attached hydrogens (tertiary/aromatic N) is 1. The molecule has 0 radical (unpaired) electrons. The van der Waals surface area contributed by atoms with Crippen molar-refractivity contribution in [2.24, 2.45) is 0 Å². The molecule has 1 heterocycles. The molecule has 1 N–H and O–H groups in total. The zero-order valence-electron chi connectivity index (χ0n) is 14.8. The summed E-state index contributed by atoms with van der Waals surface area (Å²) in [5.41, 5.74) is 1.11. The van der Waals surface area contributed by atoms with Crippen LogP contribution in [-0.2, 0) is 16.0 Å². The van der Waals surface area contributed by atoms with Gasteiger partial charge in [-0.15, -0.1) is 6.42 Å². The van der Waals surface area contributed by atoms with Crippen molar-refractivity contribution in [3.63, 3.8) is 0 Å². The zero-order valence-corrected chi connectivity index (χ0v) is 14.8. The van der Waals surface area contributed by atoms with Crippen molar-refractivity contribution < 1.29 is 14.3 Å². The molecule has 1 aromatic carbocycles. The molecule has 5 nitrogen and oxygen atoms in total. The lowest BCUT2D eigenvalue weighted by molar-refractivity contribution is -0.138.